The molecule has 2 rings (SSSR count). The predicted octanol–water partition coefficient (Wildman–Crippen LogP) is 3.16. The third-order valence-electron chi connectivity index (χ3n) is 2.67. The van der Waals surface area contributed by atoms with Crippen molar-refractivity contribution in [2.45, 2.75) is 19.3 Å². The van der Waals surface area contributed by atoms with Crippen LogP contribution in [0.1, 0.15) is 18.7 Å². The molecule has 0 aromatic carbocycles. The minimum atomic E-state index is 0.0119. The molecule has 2 aromatic heterocycles. The molecule has 0 spiro atoms. The number of hydrogen-bond acceptors (Lipinski definition) is 5. The first-order valence-corrected chi connectivity index (χ1v) is 6.81. The second kappa shape index (κ2) is 5.12. The number of nitrogens with zero attached hydrogens (tertiary/aromatic N) is 2. The van der Waals surface area contributed by atoms with Crippen molar-refractivity contribution in [3.05, 3.63) is 33.9 Å². The molecule has 0 atom stereocenters. The van der Waals surface area contributed by atoms with Crippen molar-refractivity contribution in [2.75, 3.05) is 17.6 Å². The van der Waals surface area contributed by atoms with Gasteiger partial charge in [0.05, 0.1) is 11.9 Å². The summed E-state index contributed by atoms with van der Waals surface area (Å²) in [6.45, 7) is 5.07. The lowest BCUT2D eigenvalue weighted by Gasteiger charge is -2.24. The van der Waals surface area contributed by atoms with E-state index in [0.717, 1.165) is 6.54 Å². The Bertz CT molecular complexity index is 525. The van der Waals surface area contributed by atoms with Gasteiger partial charge in [0.1, 0.15) is 0 Å². The number of halogens is 1. The van der Waals surface area contributed by atoms with Crippen molar-refractivity contribution in [1.29, 1.82) is 0 Å². The van der Waals surface area contributed by atoms with E-state index in [0.29, 0.717) is 11.5 Å². The maximum Gasteiger partial charge on any atom is 0.224 e. The summed E-state index contributed by atoms with van der Waals surface area (Å²) in [5.41, 5.74) is 6.31. The van der Waals surface area contributed by atoms with Gasteiger partial charge in [0.15, 0.2) is 5.82 Å². The largest absolute Gasteiger partial charge is 0.394 e. The Morgan fingerprint density at radius 2 is 2.28 bits per heavy atom. The van der Waals surface area contributed by atoms with E-state index in [1.807, 2.05) is 0 Å². The molecule has 6 heteroatoms. The lowest BCUT2D eigenvalue weighted by Crippen LogP contribution is -2.27. The van der Waals surface area contributed by atoms with Crippen LogP contribution in [0.4, 0.5) is 11.5 Å². The Morgan fingerprint density at radius 3 is 2.94 bits per heavy atom. The Morgan fingerprint density at radius 1 is 1.50 bits per heavy atom. The first-order valence-electron chi connectivity index (χ1n) is 5.55. The third kappa shape index (κ3) is 2.91. The van der Waals surface area contributed by atoms with Gasteiger partial charge in [-0.25, -0.2) is 4.98 Å². The van der Waals surface area contributed by atoms with Crippen LogP contribution in [0.25, 0.3) is 0 Å². The second-order valence-electron chi connectivity index (χ2n) is 4.66. The van der Waals surface area contributed by atoms with E-state index in [1.165, 1.54) is 11.1 Å². The molecule has 0 amide bonds. The highest BCUT2D eigenvalue weighted by Crippen LogP contribution is 2.28. The molecule has 4 nitrogen and oxygen atoms in total. The van der Waals surface area contributed by atoms with Crippen LogP contribution in [0.3, 0.4) is 0 Å². The highest BCUT2D eigenvalue weighted by molar-refractivity contribution is 7.10. The number of anilines is 2. The number of rotatable bonds is 4. The summed E-state index contributed by atoms with van der Waals surface area (Å²) < 4.78 is 0. The van der Waals surface area contributed by atoms with E-state index in [2.05, 4.69) is 46.6 Å². The molecular formula is C12H15ClN4S. The van der Waals surface area contributed by atoms with Crippen molar-refractivity contribution in [3.63, 3.8) is 0 Å². The monoisotopic (exact) mass is 282 g/mol. The molecule has 0 saturated carbocycles. The maximum atomic E-state index is 5.79. The summed E-state index contributed by atoms with van der Waals surface area (Å²) in [5.74, 6) is 0.583. The fraction of sp³-hybridized carbons (Fsp3) is 0.333. The van der Waals surface area contributed by atoms with E-state index >= 15 is 0 Å². The number of hydrogen-bond donors (Lipinski definition) is 2. The lowest BCUT2D eigenvalue weighted by molar-refractivity contribution is 0.568. The zero-order valence-corrected chi connectivity index (χ0v) is 11.8. The van der Waals surface area contributed by atoms with Gasteiger partial charge in [-0.1, -0.05) is 19.9 Å². The quantitative estimate of drug-likeness (QED) is 0.846. The minimum absolute atomic E-state index is 0.0119. The van der Waals surface area contributed by atoms with Crippen LogP contribution < -0.4 is 11.1 Å². The van der Waals surface area contributed by atoms with Crippen molar-refractivity contribution < 1.29 is 0 Å². The van der Waals surface area contributed by atoms with Gasteiger partial charge >= 0.3 is 0 Å². The molecule has 2 aromatic rings. The molecule has 96 valence electrons. The molecule has 0 bridgehead atoms. The van der Waals surface area contributed by atoms with Gasteiger partial charge in [-0.05, 0) is 23.0 Å². The van der Waals surface area contributed by atoms with Crippen molar-refractivity contribution in [2.24, 2.45) is 0 Å². The van der Waals surface area contributed by atoms with E-state index in [4.69, 9.17) is 17.3 Å². The standard InChI is InChI=1S/C12H15ClN4S/c1-12(2,9-4-3-5-18-9)7-16-10-8(14)6-15-11(13)17-10/h3-6H,7,14H2,1-2H3,(H,15,16,17). The summed E-state index contributed by atoms with van der Waals surface area (Å²) >= 11 is 7.49. The SMILES string of the molecule is CC(C)(CNc1nc(Cl)ncc1N)c1cccs1. The van der Waals surface area contributed by atoms with Crippen LogP contribution in [-0.2, 0) is 5.41 Å². The maximum absolute atomic E-state index is 5.79. The molecule has 0 aliphatic heterocycles. The predicted molar refractivity (Wildman–Crippen MR) is 77.3 cm³/mol. The van der Waals surface area contributed by atoms with Crippen LogP contribution in [-0.4, -0.2) is 16.5 Å². The van der Waals surface area contributed by atoms with E-state index in [9.17, 15) is 0 Å². The number of nitrogens with two attached hydrogens (primary N) is 1. The average molecular weight is 283 g/mol. The van der Waals surface area contributed by atoms with Crippen molar-refractivity contribution >= 4 is 34.4 Å². The number of aromatic nitrogens is 2. The molecule has 0 fully saturated rings. The highest BCUT2D eigenvalue weighted by atomic mass is 35.5. The molecule has 0 saturated heterocycles. The molecule has 2 heterocycles. The molecule has 18 heavy (non-hydrogen) atoms. The average Bonchev–Trinajstić information content (AvgIpc) is 2.85. The smallest absolute Gasteiger partial charge is 0.224 e. The highest BCUT2D eigenvalue weighted by Gasteiger charge is 2.22. The zero-order chi connectivity index (χ0) is 13.2. The Kier molecular flexibility index (Phi) is 3.73. The van der Waals surface area contributed by atoms with Gasteiger partial charge in [0.2, 0.25) is 5.28 Å². The second-order valence-corrected chi connectivity index (χ2v) is 5.94. The lowest BCUT2D eigenvalue weighted by atomic mass is 9.91. The van der Waals surface area contributed by atoms with Gasteiger partial charge < -0.3 is 11.1 Å². The van der Waals surface area contributed by atoms with Gasteiger partial charge in [-0.15, -0.1) is 11.3 Å². The van der Waals surface area contributed by atoms with Crippen LogP contribution in [0, 0.1) is 0 Å². The molecule has 0 unspecified atom stereocenters. The summed E-state index contributed by atoms with van der Waals surface area (Å²) in [5, 5.41) is 5.50. The topological polar surface area (TPSA) is 63.8 Å². The first kappa shape index (κ1) is 13.1. The Balaban J connectivity index is 2.09. The molecular weight excluding hydrogens is 268 g/mol. The normalized spacial score (nSPS) is 11.5. The summed E-state index contributed by atoms with van der Waals surface area (Å²) in [4.78, 5) is 9.22. The van der Waals surface area contributed by atoms with Crippen molar-refractivity contribution in [3.8, 4) is 0 Å². The van der Waals surface area contributed by atoms with Gasteiger partial charge in [-0.3, -0.25) is 0 Å². The van der Waals surface area contributed by atoms with Gasteiger partial charge in [-0.2, -0.15) is 4.98 Å². The molecule has 0 aliphatic carbocycles. The fourth-order valence-corrected chi connectivity index (χ4v) is 2.55. The molecule has 3 N–H and O–H groups in total. The van der Waals surface area contributed by atoms with Gasteiger partial charge in [0.25, 0.3) is 0 Å². The first-order chi connectivity index (χ1) is 8.49. The number of nitrogen functional groups attached to an aromatic ring is 1. The summed E-state index contributed by atoms with van der Waals surface area (Å²) in [7, 11) is 0. The molecule has 0 aliphatic rings. The van der Waals surface area contributed by atoms with Crippen LogP contribution in [0.15, 0.2) is 23.7 Å². The number of nitrogens with one attached hydrogen (secondary N) is 1. The van der Waals surface area contributed by atoms with E-state index in [-0.39, 0.29) is 10.7 Å². The van der Waals surface area contributed by atoms with Crippen LogP contribution in [0.2, 0.25) is 5.28 Å². The Labute approximate surface area is 115 Å². The van der Waals surface area contributed by atoms with E-state index < -0.39 is 0 Å². The molecule has 0 radical (unpaired) electrons. The summed E-state index contributed by atoms with van der Waals surface area (Å²) in [6.07, 6.45) is 1.51. The van der Waals surface area contributed by atoms with Crippen molar-refractivity contribution in [1.82, 2.24) is 9.97 Å². The minimum Gasteiger partial charge on any atom is -0.394 e. The van der Waals surface area contributed by atoms with Crippen LogP contribution >= 0.6 is 22.9 Å². The van der Waals surface area contributed by atoms with Crippen LogP contribution in [0.5, 0.6) is 0 Å². The van der Waals surface area contributed by atoms with Gasteiger partial charge in [0, 0.05) is 16.8 Å². The number of thiophene rings is 1. The third-order valence-corrected chi connectivity index (χ3v) is 4.09. The fourth-order valence-electron chi connectivity index (χ4n) is 1.57. The van der Waals surface area contributed by atoms with E-state index in [1.54, 1.807) is 11.3 Å². The zero-order valence-electron chi connectivity index (χ0n) is 10.3. The Hall–Kier alpha value is -1.33. The summed E-state index contributed by atoms with van der Waals surface area (Å²) in [6, 6.07) is 4.18.